The summed E-state index contributed by atoms with van der Waals surface area (Å²) >= 11 is 5.06. The van der Waals surface area contributed by atoms with Gasteiger partial charge in [0.15, 0.2) is 4.80 Å². The van der Waals surface area contributed by atoms with Crippen LogP contribution in [0.2, 0.25) is 0 Å². The van der Waals surface area contributed by atoms with Crippen molar-refractivity contribution in [1.82, 2.24) is 4.57 Å². The number of aryl methyl sites for hydroxylation is 3. The highest BCUT2D eigenvalue weighted by Crippen LogP contribution is 2.22. The number of carbonyl (C=O) groups excluding carboxylic acids is 1. The van der Waals surface area contributed by atoms with Crippen LogP contribution in [0.3, 0.4) is 0 Å². The predicted octanol–water partition coefficient (Wildman–Crippen LogP) is 5.23. The van der Waals surface area contributed by atoms with Gasteiger partial charge in [-0.1, -0.05) is 40.3 Å². The zero-order valence-corrected chi connectivity index (χ0v) is 16.4. The number of nitrogens with zero attached hydrogens (tertiary/aromatic N) is 2. The van der Waals surface area contributed by atoms with Crippen LogP contribution in [0.15, 0.2) is 45.9 Å². The van der Waals surface area contributed by atoms with Crippen LogP contribution in [0.25, 0.3) is 10.2 Å². The average molecular weight is 403 g/mol. The minimum absolute atomic E-state index is 0.187. The van der Waals surface area contributed by atoms with Crippen LogP contribution in [0.5, 0.6) is 0 Å². The van der Waals surface area contributed by atoms with Crippen LogP contribution in [0, 0.1) is 13.8 Å². The molecule has 124 valence electrons. The Hall–Kier alpha value is -1.72. The second-order valence-corrected chi connectivity index (χ2v) is 7.79. The van der Waals surface area contributed by atoms with Gasteiger partial charge in [-0.25, -0.2) is 0 Å². The van der Waals surface area contributed by atoms with Gasteiger partial charge in [-0.2, -0.15) is 4.99 Å². The van der Waals surface area contributed by atoms with Gasteiger partial charge in [0.05, 0.1) is 10.2 Å². The molecule has 3 aromatic rings. The second-order valence-electron chi connectivity index (χ2n) is 5.86. The maximum absolute atomic E-state index is 12.6. The van der Waals surface area contributed by atoms with Crippen LogP contribution in [-0.4, -0.2) is 10.5 Å². The molecule has 0 unspecified atom stereocenters. The van der Waals surface area contributed by atoms with Crippen LogP contribution < -0.4 is 4.80 Å². The third-order valence-corrected chi connectivity index (χ3v) is 5.58. The fourth-order valence-electron chi connectivity index (χ4n) is 2.60. The van der Waals surface area contributed by atoms with E-state index in [4.69, 9.17) is 0 Å². The van der Waals surface area contributed by atoms with Gasteiger partial charge in [-0.05, 0) is 61.7 Å². The molecule has 0 fully saturated rings. The fraction of sp³-hybridized carbons (Fsp3) is 0.263. The highest BCUT2D eigenvalue weighted by molar-refractivity contribution is 9.10. The van der Waals surface area contributed by atoms with Gasteiger partial charge in [-0.15, -0.1) is 0 Å². The number of carbonyl (C=O) groups is 1. The number of halogens is 1. The molecule has 24 heavy (non-hydrogen) atoms. The number of amides is 1. The third kappa shape index (κ3) is 3.37. The molecule has 5 heteroatoms. The molecule has 1 aromatic heterocycles. The van der Waals surface area contributed by atoms with E-state index in [2.05, 4.69) is 44.5 Å². The van der Waals surface area contributed by atoms with Crippen molar-refractivity contribution < 1.29 is 4.79 Å². The normalized spacial score (nSPS) is 12.1. The van der Waals surface area contributed by atoms with Crippen molar-refractivity contribution in [2.75, 3.05) is 0 Å². The summed E-state index contributed by atoms with van der Waals surface area (Å²) in [7, 11) is 0. The zero-order valence-electron chi connectivity index (χ0n) is 14.0. The van der Waals surface area contributed by atoms with Crippen molar-refractivity contribution in [3.05, 3.63) is 62.4 Å². The number of aromatic nitrogens is 1. The van der Waals surface area contributed by atoms with Crippen LogP contribution in [0.1, 0.15) is 34.8 Å². The van der Waals surface area contributed by atoms with Gasteiger partial charge in [-0.3, -0.25) is 4.79 Å². The van der Waals surface area contributed by atoms with Crippen LogP contribution in [-0.2, 0) is 6.54 Å². The summed E-state index contributed by atoms with van der Waals surface area (Å²) < 4.78 is 4.29. The molecule has 0 aliphatic rings. The van der Waals surface area contributed by atoms with E-state index in [1.165, 1.54) is 5.56 Å². The molecule has 0 atom stereocenters. The molecular weight excluding hydrogens is 384 g/mol. The summed E-state index contributed by atoms with van der Waals surface area (Å²) in [5.41, 5.74) is 4.05. The summed E-state index contributed by atoms with van der Waals surface area (Å²) in [6.07, 6.45) is 0.993. The molecule has 0 aliphatic heterocycles. The molecule has 1 amide bonds. The average Bonchev–Trinajstić information content (AvgIpc) is 2.87. The Morgan fingerprint density at radius 1 is 1.17 bits per heavy atom. The lowest BCUT2D eigenvalue weighted by atomic mass is 10.1. The zero-order chi connectivity index (χ0) is 17.3. The van der Waals surface area contributed by atoms with Gasteiger partial charge in [0.25, 0.3) is 5.91 Å². The van der Waals surface area contributed by atoms with E-state index in [9.17, 15) is 4.79 Å². The van der Waals surface area contributed by atoms with Crippen molar-refractivity contribution in [3.8, 4) is 0 Å². The van der Waals surface area contributed by atoms with Gasteiger partial charge < -0.3 is 4.57 Å². The maximum atomic E-state index is 12.6. The molecule has 0 N–H and O–H groups in total. The summed E-state index contributed by atoms with van der Waals surface area (Å²) in [4.78, 5) is 17.8. The summed E-state index contributed by atoms with van der Waals surface area (Å²) in [5.74, 6) is -0.187. The summed E-state index contributed by atoms with van der Waals surface area (Å²) in [5, 5.41) is 0. The first-order valence-electron chi connectivity index (χ1n) is 7.95. The summed E-state index contributed by atoms with van der Waals surface area (Å²) in [6.45, 7) is 7.03. The standard InChI is InChI=1S/C19H19BrN2OS/c1-4-9-22-16-8-7-15(20)11-17(16)24-19(22)21-18(23)14-6-5-12(2)13(3)10-14/h5-8,10-11H,4,9H2,1-3H3. The maximum Gasteiger partial charge on any atom is 0.279 e. The molecule has 1 heterocycles. The predicted molar refractivity (Wildman–Crippen MR) is 104 cm³/mol. The summed E-state index contributed by atoms with van der Waals surface area (Å²) in [6, 6.07) is 11.9. The van der Waals surface area contributed by atoms with E-state index in [1.54, 1.807) is 11.3 Å². The van der Waals surface area contributed by atoms with E-state index in [0.29, 0.717) is 5.56 Å². The molecule has 0 aliphatic carbocycles. The van der Waals surface area contributed by atoms with E-state index in [0.717, 1.165) is 38.0 Å². The minimum atomic E-state index is -0.187. The topological polar surface area (TPSA) is 34.4 Å². The van der Waals surface area contributed by atoms with E-state index in [1.807, 2.05) is 38.1 Å². The molecule has 3 nitrogen and oxygen atoms in total. The minimum Gasteiger partial charge on any atom is -0.316 e. The van der Waals surface area contributed by atoms with Gasteiger partial charge >= 0.3 is 0 Å². The van der Waals surface area contributed by atoms with Crippen molar-refractivity contribution in [3.63, 3.8) is 0 Å². The van der Waals surface area contributed by atoms with E-state index < -0.39 is 0 Å². The number of fused-ring (bicyclic) bond motifs is 1. The second kappa shape index (κ2) is 7.03. The third-order valence-electron chi connectivity index (χ3n) is 4.04. The van der Waals surface area contributed by atoms with Crippen LogP contribution in [0.4, 0.5) is 0 Å². The quantitative estimate of drug-likeness (QED) is 0.590. The lowest BCUT2D eigenvalue weighted by molar-refractivity contribution is 0.0997. The number of rotatable bonds is 3. The van der Waals surface area contributed by atoms with Gasteiger partial charge in [0.2, 0.25) is 0 Å². The lowest BCUT2D eigenvalue weighted by Crippen LogP contribution is -2.16. The highest BCUT2D eigenvalue weighted by atomic mass is 79.9. The number of thiazole rings is 1. The highest BCUT2D eigenvalue weighted by Gasteiger charge is 2.10. The molecule has 0 saturated heterocycles. The lowest BCUT2D eigenvalue weighted by Gasteiger charge is -2.03. The van der Waals surface area contributed by atoms with Crippen molar-refractivity contribution >= 4 is 43.4 Å². The molecule has 3 rings (SSSR count). The van der Waals surface area contributed by atoms with E-state index >= 15 is 0 Å². The Morgan fingerprint density at radius 2 is 1.96 bits per heavy atom. The number of hydrogen-bond acceptors (Lipinski definition) is 2. The van der Waals surface area contributed by atoms with Crippen molar-refractivity contribution in [2.24, 2.45) is 4.99 Å². The molecule has 0 saturated carbocycles. The van der Waals surface area contributed by atoms with Gasteiger partial charge in [0, 0.05) is 16.6 Å². The Labute approximate surface area is 153 Å². The SMILES string of the molecule is CCCn1c(=NC(=O)c2ccc(C)c(C)c2)sc2cc(Br)ccc21. The molecule has 0 radical (unpaired) electrons. The Balaban J connectivity index is 2.12. The number of benzene rings is 2. The first-order valence-corrected chi connectivity index (χ1v) is 9.55. The smallest absolute Gasteiger partial charge is 0.279 e. The van der Waals surface area contributed by atoms with Crippen molar-refractivity contribution in [1.29, 1.82) is 0 Å². The number of hydrogen-bond donors (Lipinski definition) is 0. The van der Waals surface area contributed by atoms with E-state index in [-0.39, 0.29) is 5.91 Å². The van der Waals surface area contributed by atoms with Crippen LogP contribution >= 0.6 is 27.3 Å². The fourth-order valence-corrected chi connectivity index (χ4v) is 4.20. The Morgan fingerprint density at radius 3 is 2.67 bits per heavy atom. The van der Waals surface area contributed by atoms with Crippen molar-refractivity contribution in [2.45, 2.75) is 33.7 Å². The monoisotopic (exact) mass is 402 g/mol. The first-order chi connectivity index (χ1) is 11.5. The molecule has 0 bridgehead atoms. The molecule has 0 spiro atoms. The molecule has 2 aromatic carbocycles. The first kappa shape index (κ1) is 17.1. The van der Waals surface area contributed by atoms with Gasteiger partial charge in [0.1, 0.15) is 0 Å². The Bertz CT molecular complexity index is 985. The largest absolute Gasteiger partial charge is 0.316 e. The Kier molecular flexibility index (Phi) is 5.01. The molecular formula is C19H19BrN2OS.